The van der Waals surface area contributed by atoms with Gasteiger partial charge in [0.2, 0.25) is 11.9 Å². The molecule has 3 fully saturated rings. The minimum Gasteiger partial charge on any atom is -0.353 e. The molecule has 0 atom stereocenters. The molecule has 6 nitrogen and oxygen atoms in total. The van der Waals surface area contributed by atoms with Gasteiger partial charge >= 0.3 is 0 Å². The van der Waals surface area contributed by atoms with E-state index in [1.54, 1.807) is 12.1 Å². The Bertz CT molecular complexity index is 961. The van der Waals surface area contributed by atoms with Crippen molar-refractivity contribution in [3.05, 3.63) is 47.4 Å². The highest BCUT2D eigenvalue weighted by Gasteiger charge is 2.53. The normalized spacial score (nSPS) is 20.8. The molecule has 2 heterocycles. The van der Waals surface area contributed by atoms with Gasteiger partial charge in [0, 0.05) is 44.0 Å². The predicted octanol–water partition coefficient (Wildman–Crippen LogP) is 4.05. The smallest absolute Gasteiger partial charge is 0.233 e. The number of carbonyl (C=O) groups excluding carboxylic acids is 1. The minimum absolute atomic E-state index is 0.183. The van der Waals surface area contributed by atoms with Gasteiger partial charge in [-0.1, -0.05) is 31.4 Å². The number of aromatic nitrogens is 2. The van der Waals surface area contributed by atoms with Gasteiger partial charge in [-0.3, -0.25) is 4.79 Å². The fourth-order valence-corrected chi connectivity index (χ4v) is 5.17. The Balaban J connectivity index is 1.23. The molecule has 170 valence electrons. The van der Waals surface area contributed by atoms with Crippen molar-refractivity contribution in [2.45, 2.75) is 63.3 Å². The molecule has 1 saturated heterocycles. The number of halogens is 1. The number of hydrogen-bond acceptors (Lipinski definition) is 5. The first-order chi connectivity index (χ1) is 15.5. The summed E-state index contributed by atoms with van der Waals surface area (Å²) in [6.45, 7) is 4.87. The third-order valence-corrected chi connectivity index (χ3v) is 7.23. The lowest BCUT2D eigenvalue weighted by molar-refractivity contribution is -0.134. The van der Waals surface area contributed by atoms with Crippen molar-refractivity contribution in [1.82, 2.24) is 14.9 Å². The zero-order valence-electron chi connectivity index (χ0n) is 18.8. The van der Waals surface area contributed by atoms with E-state index < -0.39 is 5.41 Å². The molecular formula is C25H32FN5O. The summed E-state index contributed by atoms with van der Waals surface area (Å²) < 4.78 is 13.3. The average Bonchev–Trinajstić information content (AvgIpc) is 3.61. The molecule has 0 bridgehead atoms. The van der Waals surface area contributed by atoms with Crippen LogP contribution in [0.4, 0.5) is 16.2 Å². The molecule has 32 heavy (non-hydrogen) atoms. The van der Waals surface area contributed by atoms with Gasteiger partial charge in [0.15, 0.2) is 0 Å². The number of anilines is 2. The van der Waals surface area contributed by atoms with E-state index in [0.717, 1.165) is 49.0 Å². The quantitative estimate of drug-likeness (QED) is 0.765. The first-order valence-electron chi connectivity index (χ1n) is 12.0. The van der Waals surface area contributed by atoms with E-state index >= 15 is 0 Å². The Morgan fingerprint density at radius 3 is 2.38 bits per heavy atom. The first kappa shape index (κ1) is 21.2. The van der Waals surface area contributed by atoms with Crippen LogP contribution in [-0.2, 0) is 10.2 Å². The lowest BCUT2D eigenvalue weighted by Crippen LogP contribution is -2.51. The van der Waals surface area contributed by atoms with E-state index in [1.807, 2.05) is 17.9 Å². The van der Waals surface area contributed by atoms with Crippen LogP contribution in [-0.4, -0.2) is 53.0 Å². The molecule has 2 saturated carbocycles. The second-order valence-electron chi connectivity index (χ2n) is 9.54. The number of carbonyl (C=O) groups is 1. The molecule has 2 aromatic rings. The van der Waals surface area contributed by atoms with E-state index in [2.05, 4.69) is 15.2 Å². The van der Waals surface area contributed by atoms with Crippen molar-refractivity contribution >= 4 is 17.7 Å². The summed E-state index contributed by atoms with van der Waals surface area (Å²) in [4.78, 5) is 27.0. The van der Waals surface area contributed by atoms with Crippen LogP contribution >= 0.6 is 0 Å². The lowest BCUT2D eigenvalue weighted by atomic mass is 9.94. The summed E-state index contributed by atoms with van der Waals surface area (Å²) in [5.74, 6) is 1.58. The Hall–Kier alpha value is -2.70. The van der Waals surface area contributed by atoms with Crippen LogP contribution in [0, 0.1) is 12.7 Å². The Labute approximate surface area is 189 Å². The summed E-state index contributed by atoms with van der Waals surface area (Å²) in [6, 6.07) is 8.94. The molecule has 1 aromatic heterocycles. The fourth-order valence-electron chi connectivity index (χ4n) is 5.17. The topological polar surface area (TPSA) is 61.4 Å². The summed E-state index contributed by atoms with van der Waals surface area (Å²) in [6.07, 6.45) is 7.92. The van der Waals surface area contributed by atoms with E-state index in [1.165, 1.54) is 44.2 Å². The number of nitrogens with zero attached hydrogens (tertiary/aromatic N) is 4. The lowest BCUT2D eigenvalue weighted by Gasteiger charge is -2.37. The number of amides is 1. The molecule has 0 unspecified atom stereocenters. The zero-order chi connectivity index (χ0) is 22.1. The predicted molar refractivity (Wildman–Crippen MR) is 123 cm³/mol. The highest BCUT2D eigenvalue weighted by molar-refractivity contribution is 5.91. The zero-order valence-corrected chi connectivity index (χ0v) is 18.8. The molecule has 3 aliphatic rings. The molecule has 1 aliphatic heterocycles. The maximum absolute atomic E-state index is 13.3. The van der Waals surface area contributed by atoms with Crippen molar-refractivity contribution < 1.29 is 9.18 Å². The fraction of sp³-hybridized carbons (Fsp3) is 0.560. The molecule has 1 aromatic carbocycles. The Morgan fingerprint density at radius 1 is 1.03 bits per heavy atom. The molecule has 5 rings (SSSR count). The summed E-state index contributed by atoms with van der Waals surface area (Å²) in [5, 5.41) is 3.54. The van der Waals surface area contributed by atoms with Gasteiger partial charge in [-0.15, -0.1) is 0 Å². The van der Waals surface area contributed by atoms with E-state index in [0.29, 0.717) is 19.1 Å². The number of nitrogens with one attached hydrogen (secondary N) is 1. The van der Waals surface area contributed by atoms with Gasteiger partial charge in [-0.05, 0) is 50.3 Å². The highest BCUT2D eigenvalue weighted by Crippen LogP contribution is 2.49. The van der Waals surface area contributed by atoms with Crippen LogP contribution < -0.4 is 10.2 Å². The maximum atomic E-state index is 13.3. The van der Waals surface area contributed by atoms with Crippen molar-refractivity contribution in [2.75, 3.05) is 36.4 Å². The Kier molecular flexibility index (Phi) is 5.74. The van der Waals surface area contributed by atoms with Crippen molar-refractivity contribution in [2.24, 2.45) is 0 Å². The minimum atomic E-state index is -0.446. The monoisotopic (exact) mass is 437 g/mol. The second-order valence-corrected chi connectivity index (χ2v) is 9.54. The van der Waals surface area contributed by atoms with Crippen LogP contribution in [0.15, 0.2) is 30.3 Å². The first-order valence-corrected chi connectivity index (χ1v) is 12.0. The van der Waals surface area contributed by atoms with Gasteiger partial charge in [-0.2, -0.15) is 4.98 Å². The van der Waals surface area contributed by atoms with Crippen molar-refractivity contribution in [3.63, 3.8) is 0 Å². The van der Waals surface area contributed by atoms with Crippen LogP contribution in [0.3, 0.4) is 0 Å². The van der Waals surface area contributed by atoms with E-state index in [-0.39, 0.29) is 11.7 Å². The van der Waals surface area contributed by atoms with Crippen molar-refractivity contribution in [1.29, 1.82) is 0 Å². The third-order valence-electron chi connectivity index (χ3n) is 7.23. The standard InChI is InChI=1S/C25H32FN5O/c1-18-17-22(29-24(27-18)28-21-5-3-2-4-6-21)30-13-15-31(16-14-30)23(32)25(11-12-25)19-7-9-20(26)10-8-19/h7-10,17,21H,2-6,11-16H2,1H3,(H,27,28,29). The van der Waals surface area contributed by atoms with Crippen LogP contribution in [0.2, 0.25) is 0 Å². The van der Waals surface area contributed by atoms with Gasteiger partial charge in [0.1, 0.15) is 11.6 Å². The number of rotatable bonds is 5. The van der Waals surface area contributed by atoms with Crippen LogP contribution in [0.1, 0.15) is 56.2 Å². The molecular weight excluding hydrogens is 405 g/mol. The highest BCUT2D eigenvalue weighted by atomic mass is 19.1. The maximum Gasteiger partial charge on any atom is 0.233 e. The third kappa shape index (κ3) is 4.30. The SMILES string of the molecule is Cc1cc(N2CCN(C(=O)C3(c4ccc(F)cc4)CC3)CC2)nc(NC2CCCCC2)n1. The number of piperazine rings is 1. The number of hydrogen-bond donors (Lipinski definition) is 1. The number of aryl methyl sites for hydroxylation is 1. The molecule has 2 aliphatic carbocycles. The number of benzene rings is 1. The molecule has 1 amide bonds. The van der Waals surface area contributed by atoms with Gasteiger partial charge in [0.25, 0.3) is 0 Å². The van der Waals surface area contributed by atoms with E-state index in [9.17, 15) is 9.18 Å². The van der Waals surface area contributed by atoms with Crippen LogP contribution in [0.25, 0.3) is 0 Å². The van der Waals surface area contributed by atoms with Gasteiger partial charge < -0.3 is 15.1 Å². The molecule has 0 spiro atoms. The average molecular weight is 438 g/mol. The van der Waals surface area contributed by atoms with E-state index in [4.69, 9.17) is 4.98 Å². The molecule has 0 radical (unpaired) electrons. The summed E-state index contributed by atoms with van der Waals surface area (Å²) in [7, 11) is 0. The van der Waals surface area contributed by atoms with Crippen molar-refractivity contribution in [3.8, 4) is 0 Å². The Morgan fingerprint density at radius 2 is 1.72 bits per heavy atom. The summed E-state index contributed by atoms with van der Waals surface area (Å²) >= 11 is 0. The molecule has 7 heteroatoms. The summed E-state index contributed by atoms with van der Waals surface area (Å²) in [5.41, 5.74) is 1.45. The molecule has 1 N–H and O–H groups in total. The largest absolute Gasteiger partial charge is 0.353 e. The van der Waals surface area contributed by atoms with Crippen LogP contribution in [0.5, 0.6) is 0 Å². The second kappa shape index (κ2) is 8.68. The van der Waals surface area contributed by atoms with Gasteiger partial charge in [0.05, 0.1) is 5.41 Å². The van der Waals surface area contributed by atoms with Gasteiger partial charge in [-0.25, -0.2) is 9.37 Å².